The van der Waals surface area contributed by atoms with Gasteiger partial charge in [-0.3, -0.25) is 4.79 Å². The predicted octanol–water partition coefficient (Wildman–Crippen LogP) is 2.97. The van der Waals surface area contributed by atoms with E-state index in [2.05, 4.69) is 25.8 Å². The van der Waals surface area contributed by atoms with Crippen molar-refractivity contribution in [2.45, 2.75) is 64.0 Å². The van der Waals surface area contributed by atoms with Crippen LogP contribution in [0.25, 0.3) is 0 Å². The third kappa shape index (κ3) is 3.89. The van der Waals surface area contributed by atoms with Crippen molar-refractivity contribution in [1.82, 2.24) is 19.9 Å². The van der Waals surface area contributed by atoms with E-state index >= 15 is 0 Å². The van der Waals surface area contributed by atoms with Crippen LogP contribution in [0, 0.1) is 16.7 Å². The lowest BCUT2D eigenvalue weighted by atomic mass is 9.66. The second-order valence-corrected chi connectivity index (χ2v) is 10.9. The molecule has 0 aromatic carbocycles. The average Bonchev–Trinajstić information content (AvgIpc) is 3.25. The molecule has 3 aliphatic rings. The van der Waals surface area contributed by atoms with Crippen LogP contribution in [0.2, 0.25) is 0 Å². The van der Waals surface area contributed by atoms with Crippen molar-refractivity contribution in [2.24, 2.45) is 11.1 Å². The van der Waals surface area contributed by atoms with Crippen LogP contribution in [0.5, 0.6) is 0 Å². The molecule has 2 aromatic heterocycles. The molecule has 11 heteroatoms. The van der Waals surface area contributed by atoms with Gasteiger partial charge in [-0.2, -0.15) is 5.26 Å². The molecule has 1 aliphatic carbocycles. The highest BCUT2D eigenvalue weighted by Gasteiger charge is 2.52. The third-order valence-corrected chi connectivity index (χ3v) is 8.43. The molecule has 1 spiro atoms. The number of nitrogens with two attached hydrogens (primary N) is 1. The van der Waals surface area contributed by atoms with Crippen molar-refractivity contribution in [3.05, 3.63) is 35.8 Å². The van der Waals surface area contributed by atoms with E-state index in [1.807, 2.05) is 13.8 Å². The van der Waals surface area contributed by atoms with Gasteiger partial charge in [0.25, 0.3) is 6.43 Å². The Hall–Kier alpha value is -3.39. The van der Waals surface area contributed by atoms with Gasteiger partial charge in [-0.25, -0.2) is 23.7 Å². The zero-order valence-electron chi connectivity index (χ0n) is 21.4. The fraction of sp³-hybridized carbons (Fsp3) is 0.577. The van der Waals surface area contributed by atoms with Crippen molar-refractivity contribution in [3.63, 3.8) is 0 Å². The van der Waals surface area contributed by atoms with Gasteiger partial charge in [0.1, 0.15) is 29.2 Å². The Morgan fingerprint density at radius 3 is 2.59 bits per heavy atom. The Morgan fingerprint density at radius 2 is 1.97 bits per heavy atom. The molecule has 0 bridgehead atoms. The number of carbonyl (C=O) groups is 1. The van der Waals surface area contributed by atoms with Crippen LogP contribution < -0.4 is 15.5 Å². The van der Waals surface area contributed by atoms with Crippen LogP contribution >= 0.6 is 0 Å². The summed E-state index contributed by atoms with van der Waals surface area (Å²) in [6.07, 6.45) is 3.45. The summed E-state index contributed by atoms with van der Waals surface area (Å²) in [7, 11) is 0. The first-order valence-electron chi connectivity index (χ1n) is 12.7. The predicted molar refractivity (Wildman–Crippen MR) is 135 cm³/mol. The number of pyridine rings is 1. The maximum atomic E-state index is 13.8. The molecule has 1 amide bonds. The lowest BCUT2D eigenvalue weighted by molar-refractivity contribution is -0.152. The molecular weight excluding hydrogens is 478 g/mol. The molecule has 0 radical (unpaired) electrons. The fourth-order valence-electron chi connectivity index (χ4n) is 5.86. The summed E-state index contributed by atoms with van der Waals surface area (Å²) in [5, 5.41) is 9.38. The Bertz CT molecular complexity index is 1250. The van der Waals surface area contributed by atoms with E-state index < -0.39 is 24.3 Å². The van der Waals surface area contributed by atoms with Gasteiger partial charge in [-0.05, 0) is 45.7 Å². The molecular formula is C26H32F2N8O. The van der Waals surface area contributed by atoms with E-state index in [0.29, 0.717) is 31.0 Å². The number of carbonyl (C=O) groups excluding carboxylic acids is 1. The van der Waals surface area contributed by atoms with Crippen LogP contribution in [-0.2, 0) is 10.2 Å². The first kappa shape index (κ1) is 25.3. The minimum Gasteiger partial charge on any atom is -0.350 e. The third-order valence-electron chi connectivity index (χ3n) is 8.43. The van der Waals surface area contributed by atoms with Crippen LogP contribution in [-0.4, -0.2) is 70.4 Å². The molecule has 9 nitrogen and oxygen atoms in total. The second-order valence-electron chi connectivity index (χ2n) is 10.9. The number of anilines is 3. The molecule has 3 atom stereocenters. The lowest BCUT2D eigenvalue weighted by Crippen LogP contribution is -2.62. The van der Waals surface area contributed by atoms with Crippen LogP contribution in [0.4, 0.5) is 26.2 Å². The van der Waals surface area contributed by atoms with Crippen molar-refractivity contribution in [2.75, 3.05) is 36.0 Å². The van der Waals surface area contributed by atoms with Crippen molar-refractivity contribution >= 4 is 23.4 Å². The Morgan fingerprint density at radius 1 is 1.24 bits per heavy atom. The highest BCUT2D eigenvalue weighted by atomic mass is 19.3. The number of nitrogens with zero attached hydrogens (tertiary/aromatic N) is 7. The van der Waals surface area contributed by atoms with Crippen LogP contribution in [0.15, 0.2) is 24.7 Å². The van der Waals surface area contributed by atoms with Crippen molar-refractivity contribution < 1.29 is 13.6 Å². The molecule has 2 aliphatic heterocycles. The molecule has 5 rings (SSSR count). The standard InChI is InChI=1S/C26H32F2N8O/c1-16-12-35(24(37)25(3,13-30)23(27)28)17(2)11-34(16)21-20-22(33-15-32-21)36(14-26(20)6-4-7-26)19-9-18(10-29)5-8-31-19/h5,8-9,15-17,23H,4,6-7,11-14,30H2,1-3H3/t16-,17+,25?/m0/s1. The van der Waals surface area contributed by atoms with Gasteiger partial charge in [0, 0.05) is 55.4 Å². The van der Waals surface area contributed by atoms with Gasteiger partial charge < -0.3 is 20.4 Å². The molecule has 196 valence electrons. The topological polar surface area (TPSA) is 115 Å². The normalized spacial score (nSPS) is 24.0. The molecule has 1 saturated heterocycles. The van der Waals surface area contributed by atoms with Crippen LogP contribution in [0.3, 0.4) is 0 Å². The molecule has 1 saturated carbocycles. The number of aromatic nitrogens is 3. The highest BCUT2D eigenvalue weighted by molar-refractivity contribution is 5.84. The number of nitriles is 1. The zero-order chi connectivity index (χ0) is 26.5. The zero-order valence-corrected chi connectivity index (χ0v) is 21.4. The minimum absolute atomic E-state index is 0.111. The smallest absolute Gasteiger partial charge is 0.253 e. The number of amides is 1. The monoisotopic (exact) mass is 510 g/mol. The number of rotatable bonds is 5. The molecule has 2 fully saturated rings. The summed E-state index contributed by atoms with van der Waals surface area (Å²) in [6.45, 7) is 6.16. The summed E-state index contributed by atoms with van der Waals surface area (Å²) in [5.41, 5.74) is 5.21. The van der Waals surface area contributed by atoms with Crippen molar-refractivity contribution in [3.8, 4) is 6.07 Å². The molecule has 2 N–H and O–H groups in total. The summed E-state index contributed by atoms with van der Waals surface area (Å²) >= 11 is 0. The maximum absolute atomic E-state index is 13.8. The summed E-state index contributed by atoms with van der Waals surface area (Å²) in [6, 6.07) is 5.18. The van der Waals surface area contributed by atoms with Crippen molar-refractivity contribution in [1.29, 1.82) is 5.26 Å². The first-order chi connectivity index (χ1) is 17.6. The van der Waals surface area contributed by atoms with E-state index in [4.69, 9.17) is 10.7 Å². The van der Waals surface area contributed by atoms with Gasteiger partial charge in [-0.15, -0.1) is 0 Å². The number of piperazine rings is 1. The number of hydrogen-bond acceptors (Lipinski definition) is 8. The highest BCUT2D eigenvalue weighted by Crippen LogP contribution is 2.56. The van der Waals surface area contributed by atoms with Gasteiger partial charge in [-0.1, -0.05) is 6.42 Å². The van der Waals surface area contributed by atoms with E-state index in [1.165, 1.54) is 6.92 Å². The molecule has 2 aromatic rings. The molecule has 37 heavy (non-hydrogen) atoms. The van der Waals surface area contributed by atoms with Gasteiger partial charge in [0.15, 0.2) is 0 Å². The Kier molecular flexibility index (Phi) is 6.26. The van der Waals surface area contributed by atoms with E-state index in [-0.39, 0.29) is 17.5 Å². The van der Waals surface area contributed by atoms with Gasteiger partial charge in [0.2, 0.25) is 5.91 Å². The van der Waals surface area contributed by atoms with Crippen LogP contribution in [0.1, 0.15) is 51.2 Å². The average molecular weight is 511 g/mol. The summed E-state index contributed by atoms with van der Waals surface area (Å²) < 4.78 is 27.6. The minimum atomic E-state index is -2.84. The summed E-state index contributed by atoms with van der Waals surface area (Å²) in [4.78, 5) is 32.9. The first-order valence-corrected chi connectivity index (χ1v) is 12.7. The molecule has 4 heterocycles. The lowest BCUT2D eigenvalue weighted by Gasteiger charge is -2.48. The fourth-order valence-corrected chi connectivity index (χ4v) is 5.86. The summed E-state index contributed by atoms with van der Waals surface area (Å²) in [5.74, 6) is 1.69. The van der Waals surface area contributed by atoms with Gasteiger partial charge >= 0.3 is 0 Å². The number of fused-ring (bicyclic) bond motifs is 2. The SMILES string of the molecule is C[C@@H]1CN(c2ncnc3c2C2(CCC2)CN3c2cc(C#N)ccn2)[C@@H](C)CN1C(=O)C(C)(CN)C(F)F. The number of alkyl halides is 2. The Balaban J connectivity index is 1.49. The van der Waals surface area contributed by atoms with E-state index in [1.54, 1.807) is 29.6 Å². The Labute approximate surface area is 215 Å². The van der Waals surface area contributed by atoms with Gasteiger partial charge in [0.05, 0.1) is 11.6 Å². The molecule has 1 unspecified atom stereocenters. The van der Waals surface area contributed by atoms with E-state index in [0.717, 1.165) is 36.5 Å². The number of hydrogen-bond donors (Lipinski definition) is 1. The second kappa shape index (κ2) is 9.17. The van der Waals surface area contributed by atoms with E-state index in [9.17, 15) is 18.8 Å². The maximum Gasteiger partial charge on any atom is 0.253 e. The quantitative estimate of drug-likeness (QED) is 0.653. The number of halogens is 2. The largest absolute Gasteiger partial charge is 0.350 e.